The van der Waals surface area contributed by atoms with Crippen LogP contribution in [-0.2, 0) is 52.3 Å². The van der Waals surface area contributed by atoms with Crippen molar-refractivity contribution in [3.8, 4) is 11.4 Å². The number of urea groups is 1. The Hall–Kier alpha value is -6.50. The molecule has 3 atom stereocenters. The highest BCUT2D eigenvalue weighted by molar-refractivity contribution is 6.12. The number of nitrogens with two attached hydrogens (primary N) is 1. The molecular weight excluding hydrogens is 783 g/mol. The molecule has 318 valence electrons. The predicted molar refractivity (Wildman–Crippen MR) is 213 cm³/mol. The fourth-order valence-electron chi connectivity index (χ4n) is 7.53. The first-order chi connectivity index (χ1) is 28.5. The maximum absolute atomic E-state index is 15.7. The largest absolute Gasteiger partial charge is 0.458 e. The van der Waals surface area contributed by atoms with Gasteiger partial charge in [0.25, 0.3) is 17.4 Å². The molecule has 0 fully saturated rings. The summed E-state index contributed by atoms with van der Waals surface area (Å²) in [7, 11) is 0. The van der Waals surface area contributed by atoms with Crippen LogP contribution in [0.15, 0.2) is 41.2 Å². The van der Waals surface area contributed by atoms with E-state index in [9.17, 15) is 43.5 Å². The lowest BCUT2D eigenvalue weighted by Crippen LogP contribution is -2.54. The van der Waals surface area contributed by atoms with Gasteiger partial charge in [0, 0.05) is 54.2 Å². The Morgan fingerprint density at radius 2 is 1.72 bits per heavy atom. The fraction of sp³-hybridized carbons (Fsp3) is 0.439. The Morgan fingerprint density at radius 1 is 0.983 bits per heavy atom. The number of fused-ring (bicyclic) bond motifs is 5. The number of primary amides is 1. The lowest BCUT2D eigenvalue weighted by molar-refractivity contribution is -0.172. The standard InChI is InChI=1S/C41H47FN8O10/c1-4-41(59)25-17-30-35-23(19-50(30)38(56)24(25)20-60-39(41)57)15-22-16-29(26(42)18-28(22)45-35)47-36(54)27(9-8-13-44-40(43)58)46-37(55)34(21(2)3)48-31(51)10-6-5-7-14-49-32(52)11-12-33(49)53/h11-12,15-18,21,27,34,59H,4-10,13-14,19-20H2,1-3H3,(H,46,55)(H,47,54)(H,48,51)(H3,43,44,58)/t27-,34-,41-/m0/s1. The first-order valence-corrected chi connectivity index (χ1v) is 19.8. The van der Waals surface area contributed by atoms with Crippen molar-refractivity contribution in [2.24, 2.45) is 11.7 Å². The zero-order valence-electron chi connectivity index (χ0n) is 33.4. The number of esters is 1. The van der Waals surface area contributed by atoms with Gasteiger partial charge in [0.2, 0.25) is 17.7 Å². The van der Waals surface area contributed by atoms with Crippen LogP contribution < -0.4 is 32.6 Å². The number of carbonyl (C=O) groups excluding carboxylic acids is 7. The van der Waals surface area contributed by atoms with Crippen molar-refractivity contribution in [3.05, 3.63) is 69.3 Å². The van der Waals surface area contributed by atoms with E-state index in [2.05, 4.69) is 26.3 Å². The molecule has 18 nitrogen and oxygen atoms in total. The Kier molecular flexibility index (Phi) is 12.8. The number of ether oxygens (including phenoxy) is 1. The molecule has 0 radical (unpaired) electrons. The summed E-state index contributed by atoms with van der Waals surface area (Å²) >= 11 is 0. The number of aliphatic hydroxyl groups is 1. The van der Waals surface area contributed by atoms with Gasteiger partial charge < -0.3 is 41.4 Å². The summed E-state index contributed by atoms with van der Waals surface area (Å²) in [5, 5.41) is 21.9. The summed E-state index contributed by atoms with van der Waals surface area (Å²) < 4.78 is 22.3. The minimum Gasteiger partial charge on any atom is -0.458 e. The van der Waals surface area contributed by atoms with E-state index in [1.165, 1.54) is 22.8 Å². The second kappa shape index (κ2) is 17.8. The Labute approximate surface area is 343 Å². The molecule has 6 rings (SSSR count). The molecule has 0 spiro atoms. The van der Waals surface area contributed by atoms with Gasteiger partial charge >= 0.3 is 12.0 Å². The quantitative estimate of drug-likeness (QED) is 0.0507. The Bertz CT molecular complexity index is 2360. The molecule has 19 heteroatoms. The molecule has 3 aliphatic heterocycles. The Morgan fingerprint density at radius 3 is 2.40 bits per heavy atom. The molecule has 5 heterocycles. The number of unbranched alkanes of at least 4 members (excludes halogenated alkanes) is 2. The number of imide groups is 1. The van der Waals surface area contributed by atoms with Gasteiger partial charge in [-0.2, -0.15) is 0 Å². The molecular formula is C41H47FN8O10. The number of amides is 7. The fourth-order valence-corrected chi connectivity index (χ4v) is 7.53. The van der Waals surface area contributed by atoms with Crippen molar-refractivity contribution in [1.29, 1.82) is 0 Å². The van der Waals surface area contributed by atoms with E-state index in [4.69, 9.17) is 10.5 Å². The third kappa shape index (κ3) is 8.90. The highest BCUT2D eigenvalue weighted by atomic mass is 19.1. The van der Waals surface area contributed by atoms with E-state index in [0.29, 0.717) is 41.6 Å². The number of halogens is 1. The first kappa shape index (κ1) is 43.1. The topological polar surface area (TPSA) is 261 Å². The smallest absolute Gasteiger partial charge is 0.343 e. The summed E-state index contributed by atoms with van der Waals surface area (Å²) in [4.78, 5) is 107. The third-order valence-corrected chi connectivity index (χ3v) is 10.9. The van der Waals surface area contributed by atoms with Crippen LogP contribution in [0.5, 0.6) is 0 Å². The van der Waals surface area contributed by atoms with Crippen LogP contribution in [-0.4, -0.2) is 86.3 Å². The van der Waals surface area contributed by atoms with Crippen LogP contribution >= 0.6 is 0 Å². The summed E-state index contributed by atoms with van der Waals surface area (Å²) in [6.45, 7) is 5.14. The van der Waals surface area contributed by atoms with Crippen LogP contribution in [0.25, 0.3) is 22.3 Å². The predicted octanol–water partition coefficient (Wildman–Crippen LogP) is 1.72. The van der Waals surface area contributed by atoms with E-state index in [1.54, 1.807) is 32.9 Å². The van der Waals surface area contributed by atoms with Crippen molar-refractivity contribution < 1.29 is 47.8 Å². The van der Waals surface area contributed by atoms with E-state index < -0.39 is 64.7 Å². The first-order valence-electron chi connectivity index (χ1n) is 19.8. The average Bonchev–Trinajstić information content (AvgIpc) is 3.72. The lowest BCUT2D eigenvalue weighted by atomic mass is 9.86. The van der Waals surface area contributed by atoms with Crippen LogP contribution in [0.1, 0.15) is 82.4 Å². The minimum atomic E-state index is -2.01. The van der Waals surface area contributed by atoms with Crippen molar-refractivity contribution in [2.45, 2.75) is 96.6 Å². The zero-order chi connectivity index (χ0) is 43.5. The summed E-state index contributed by atoms with van der Waals surface area (Å²) in [6, 6.07) is 2.66. The number of nitrogens with zero attached hydrogens (tertiary/aromatic N) is 3. The molecule has 0 bridgehead atoms. The van der Waals surface area contributed by atoms with E-state index in [0.717, 1.165) is 11.0 Å². The molecule has 0 aliphatic carbocycles. The number of nitrogens with one attached hydrogen (secondary N) is 4. The number of hydrogen-bond acceptors (Lipinski definition) is 11. The molecule has 60 heavy (non-hydrogen) atoms. The van der Waals surface area contributed by atoms with Crippen molar-refractivity contribution >= 4 is 58.1 Å². The van der Waals surface area contributed by atoms with Crippen molar-refractivity contribution in [1.82, 2.24) is 30.4 Å². The third-order valence-electron chi connectivity index (χ3n) is 10.9. The SMILES string of the molecule is CC[C@@]1(O)C(=O)OCc2c1cc1n(c2=O)Cc2cc3cc(NC(=O)[C@H](CCCNC(N)=O)NC(=O)[C@@H](NC(=O)CCCCCN4C(=O)C=CC4=O)C(C)C)c(F)cc3nc2-1. The van der Waals surface area contributed by atoms with Crippen LogP contribution in [0.2, 0.25) is 0 Å². The van der Waals surface area contributed by atoms with Gasteiger partial charge in [-0.25, -0.2) is 19.0 Å². The van der Waals surface area contributed by atoms with Gasteiger partial charge in [0.1, 0.15) is 24.5 Å². The molecule has 0 saturated carbocycles. The molecule has 0 saturated heterocycles. The van der Waals surface area contributed by atoms with Gasteiger partial charge in [-0.1, -0.05) is 27.2 Å². The van der Waals surface area contributed by atoms with Crippen LogP contribution in [0.4, 0.5) is 14.9 Å². The average molecular weight is 831 g/mol. The molecule has 7 amide bonds. The molecule has 3 aromatic rings. The number of benzene rings is 1. The van der Waals surface area contributed by atoms with E-state index >= 15 is 4.39 Å². The van der Waals surface area contributed by atoms with Crippen molar-refractivity contribution in [2.75, 3.05) is 18.4 Å². The normalized spacial score (nSPS) is 17.5. The number of aromatic nitrogens is 2. The number of carbonyl (C=O) groups is 7. The van der Waals surface area contributed by atoms with Gasteiger partial charge in [0.15, 0.2) is 5.60 Å². The molecule has 3 aliphatic rings. The second-order valence-electron chi connectivity index (χ2n) is 15.4. The van der Waals surface area contributed by atoms with E-state index in [-0.39, 0.29) is 86.1 Å². The molecule has 1 aromatic carbocycles. The Balaban J connectivity index is 1.15. The highest BCUT2D eigenvalue weighted by Crippen LogP contribution is 2.39. The van der Waals surface area contributed by atoms with Gasteiger partial charge in [-0.3, -0.25) is 33.7 Å². The number of anilines is 1. The van der Waals surface area contributed by atoms with Crippen LogP contribution in [0, 0.1) is 11.7 Å². The van der Waals surface area contributed by atoms with E-state index in [1.807, 2.05) is 0 Å². The molecule has 0 unspecified atom stereocenters. The van der Waals surface area contributed by atoms with Gasteiger partial charge in [0.05, 0.1) is 34.7 Å². The number of rotatable bonds is 17. The number of hydrogen-bond donors (Lipinski definition) is 6. The lowest BCUT2D eigenvalue weighted by Gasteiger charge is -2.31. The van der Waals surface area contributed by atoms with Crippen molar-refractivity contribution in [3.63, 3.8) is 0 Å². The van der Waals surface area contributed by atoms with Crippen LogP contribution in [0.3, 0.4) is 0 Å². The maximum Gasteiger partial charge on any atom is 0.343 e. The number of cyclic esters (lactones) is 1. The maximum atomic E-state index is 15.7. The second-order valence-corrected chi connectivity index (χ2v) is 15.4. The van der Waals surface area contributed by atoms with Gasteiger partial charge in [-0.15, -0.1) is 0 Å². The summed E-state index contributed by atoms with van der Waals surface area (Å²) in [5.41, 5.74) is 4.28. The summed E-state index contributed by atoms with van der Waals surface area (Å²) in [5.74, 6) is -4.72. The van der Waals surface area contributed by atoms with Gasteiger partial charge in [-0.05, 0) is 56.2 Å². The molecule has 2 aromatic heterocycles. The number of pyridine rings is 2. The molecule has 7 N–H and O–H groups in total. The zero-order valence-corrected chi connectivity index (χ0v) is 33.4. The monoisotopic (exact) mass is 830 g/mol. The highest BCUT2D eigenvalue weighted by Gasteiger charge is 2.45. The minimum absolute atomic E-state index is 0.000790. The summed E-state index contributed by atoms with van der Waals surface area (Å²) in [6.07, 6.45) is 4.13.